The van der Waals surface area contributed by atoms with Crippen molar-refractivity contribution in [3.8, 4) is 5.75 Å². The smallest absolute Gasteiger partial charge is 0.206 e. The van der Waals surface area contributed by atoms with Gasteiger partial charge in [-0.2, -0.15) is 0 Å². The monoisotopic (exact) mass is 232 g/mol. The average Bonchev–Trinajstić information content (AvgIpc) is 2.36. The predicted molar refractivity (Wildman–Crippen MR) is 63.7 cm³/mol. The van der Waals surface area contributed by atoms with E-state index in [-0.39, 0.29) is 11.0 Å². The zero-order chi connectivity index (χ0) is 12.3. The minimum Gasteiger partial charge on any atom is -0.493 e. The van der Waals surface area contributed by atoms with Crippen LogP contribution in [0.4, 0.5) is 0 Å². The maximum Gasteiger partial charge on any atom is 0.206 e. The normalized spacial score (nSPS) is 10.4. The van der Waals surface area contributed by atoms with Gasteiger partial charge in [0, 0.05) is 0 Å². The largest absolute Gasteiger partial charge is 0.493 e. The first-order valence-corrected chi connectivity index (χ1v) is 5.40. The van der Waals surface area contributed by atoms with E-state index < -0.39 is 0 Å². The summed E-state index contributed by atoms with van der Waals surface area (Å²) in [5, 5.41) is 0.325. The van der Waals surface area contributed by atoms with Crippen LogP contribution in [0.15, 0.2) is 33.7 Å². The standard InChI is InChI=1S/C13H12O4/c1-2-6-16-10-4-3-5-11-12(10)13(15)9(7-14)8-17-11/h3-5,7-8H,2,6H2,1H3. The molecule has 4 nitrogen and oxygen atoms in total. The van der Waals surface area contributed by atoms with Gasteiger partial charge in [0.05, 0.1) is 12.2 Å². The second-order valence-electron chi connectivity index (χ2n) is 3.62. The van der Waals surface area contributed by atoms with Crippen molar-refractivity contribution < 1.29 is 13.9 Å². The molecule has 0 aliphatic heterocycles. The highest BCUT2D eigenvalue weighted by Crippen LogP contribution is 2.22. The predicted octanol–water partition coefficient (Wildman–Crippen LogP) is 2.39. The van der Waals surface area contributed by atoms with Crippen LogP contribution in [-0.2, 0) is 0 Å². The number of hydrogen-bond donors (Lipinski definition) is 0. The van der Waals surface area contributed by atoms with Crippen molar-refractivity contribution in [3.63, 3.8) is 0 Å². The third kappa shape index (κ3) is 2.06. The summed E-state index contributed by atoms with van der Waals surface area (Å²) in [6.45, 7) is 2.49. The lowest BCUT2D eigenvalue weighted by atomic mass is 10.1. The molecular weight excluding hydrogens is 220 g/mol. The molecule has 0 unspecified atom stereocenters. The fourth-order valence-corrected chi connectivity index (χ4v) is 1.57. The Hall–Kier alpha value is -2.10. The molecule has 88 valence electrons. The summed E-state index contributed by atoms with van der Waals surface area (Å²) in [6.07, 6.45) is 2.50. The first-order valence-electron chi connectivity index (χ1n) is 5.40. The van der Waals surface area contributed by atoms with Gasteiger partial charge < -0.3 is 9.15 Å². The molecule has 0 atom stereocenters. The number of carbonyl (C=O) groups excluding carboxylic acids is 1. The molecule has 17 heavy (non-hydrogen) atoms. The number of aldehydes is 1. The van der Waals surface area contributed by atoms with Gasteiger partial charge in [-0.05, 0) is 18.6 Å². The first-order chi connectivity index (χ1) is 8.27. The lowest BCUT2D eigenvalue weighted by molar-refractivity contribution is 0.112. The van der Waals surface area contributed by atoms with E-state index in [1.165, 1.54) is 6.26 Å². The fraction of sp³-hybridized carbons (Fsp3) is 0.231. The van der Waals surface area contributed by atoms with Crippen molar-refractivity contribution in [1.29, 1.82) is 0 Å². The minimum atomic E-state index is -0.354. The molecule has 0 radical (unpaired) electrons. The number of fused-ring (bicyclic) bond motifs is 1. The molecule has 1 heterocycles. The van der Waals surface area contributed by atoms with E-state index in [1.807, 2.05) is 6.92 Å². The lowest BCUT2D eigenvalue weighted by Gasteiger charge is -2.07. The van der Waals surface area contributed by atoms with Crippen LogP contribution >= 0.6 is 0 Å². The van der Waals surface area contributed by atoms with Crippen LogP contribution < -0.4 is 10.2 Å². The van der Waals surface area contributed by atoms with Gasteiger partial charge in [0.25, 0.3) is 0 Å². The van der Waals surface area contributed by atoms with Gasteiger partial charge in [-0.1, -0.05) is 13.0 Å². The number of hydrogen-bond acceptors (Lipinski definition) is 4. The number of ether oxygens (including phenoxy) is 1. The van der Waals surface area contributed by atoms with Crippen LogP contribution in [0.25, 0.3) is 11.0 Å². The summed E-state index contributed by atoms with van der Waals surface area (Å²) >= 11 is 0. The zero-order valence-corrected chi connectivity index (χ0v) is 9.43. The van der Waals surface area contributed by atoms with Crippen molar-refractivity contribution >= 4 is 17.3 Å². The molecule has 0 bridgehead atoms. The molecule has 0 aliphatic rings. The Balaban J connectivity index is 2.67. The molecule has 1 aromatic heterocycles. The van der Waals surface area contributed by atoms with E-state index in [4.69, 9.17) is 9.15 Å². The molecule has 2 rings (SSSR count). The van der Waals surface area contributed by atoms with Crippen LogP contribution in [0.1, 0.15) is 23.7 Å². The molecule has 0 amide bonds. The summed E-state index contributed by atoms with van der Waals surface area (Å²) < 4.78 is 10.7. The Morgan fingerprint density at radius 1 is 1.41 bits per heavy atom. The SMILES string of the molecule is CCCOc1cccc2occ(C=O)c(=O)c12. The second-order valence-corrected chi connectivity index (χ2v) is 3.62. The topological polar surface area (TPSA) is 56.5 Å². The van der Waals surface area contributed by atoms with Gasteiger partial charge in [-0.3, -0.25) is 9.59 Å². The highest BCUT2D eigenvalue weighted by molar-refractivity contribution is 5.88. The molecule has 0 aliphatic carbocycles. The zero-order valence-electron chi connectivity index (χ0n) is 9.43. The first kappa shape index (κ1) is 11.4. The van der Waals surface area contributed by atoms with E-state index in [9.17, 15) is 9.59 Å². The highest BCUT2D eigenvalue weighted by atomic mass is 16.5. The van der Waals surface area contributed by atoms with Gasteiger partial charge in [-0.15, -0.1) is 0 Å². The van der Waals surface area contributed by atoms with E-state index in [2.05, 4.69) is 0 Å². The summed E-state index contributed by atoms with van der Waals surface area (Å²) in [4.78, 5) is 22.7. The molecule has 0 N–H and O–H groups in total. The molecule has 2 aromatic rings. The van der Waals surface area contributed by atoms with Gasteiger partial charge in [0.1, 0.15) is 23.0 Å². The van der Waals surface area contributed by atoms with Gasteiger partial charge in [0.2, 0.25) is 5.43 Å². The third-order valence-corrected chi connectivity index (χ3v) is 2.38. The Bertz CT molecular complexity index is 598. The summed E-state index contributed by atoms with van der Waals surface area (Å²) in [5.41, 5.74) is 0.0761. The quantitative estimate of drug-likeness (QED) is 0.759. The van der Waals surface area contributed by atoms with Crippen molar-refractivity contribution in [2.45, 2.75) is 13.3 Å². The second kappa shape index (κ2) is 4.82. The van der Waals surface area contributed by atoms with Gasteiger partial charge >= 0.3 is 0 Å². The van der Waals surface area contributed by atoms with E-state index >= 15 is 0 Å². The van der Waals surface area contributed by atoms with Crippen LogP contribution in [0.2, 0.25) is 0 Å². The minimum absolute atomic E-state index is 0.00467. The van der Waals surface area contributed by atoms with Crippen molar-refractivity contribution in [3.05, 3.63) is 40.2 Å². The molecule has 4 heteroatoms. The van der Waals surface area contributed by atoms with E-state index in [0.29, 0.717) is 29.6 Å². The maximum atomic E-state index is 12.0. The van der Waals surface area contributed by atoms with E-state index in [1.54, 1.807) is 18.2 Å². The van der Waals surface area contributed by atoms with Crippen molar-refractivity contribution in [2.24, 2.45) is 0 Å². The molecule has 0 fully saturated rings. The Labute approximate surface area is 97.8 Å². The van der Waals surface area contributed by atoms with Gasteiger partial charge in [-0.25, -0.2) is 0 Å². The van der Waals surface area contributed by atoms with Crippen LogP contribution in [0.5, 0.6) is 5.75 Å². The van der Waals surface area contributed by atoms with Crippen molar-refractivity contribution in [2.75, 3.05) is 6.61 Å². The Kier molecular flexibility index (Phi) is 3.23. The third-order valence-electron chi connectivity index (χ3n) is 2.38. The van der Waals surface area contributed by atoms with Crippen LogP contribution in [-0.4, -0.2) is 12.9 Å². The van der Waals surface area contributed by atoms with Gasteiger partial charge in [0.15, 0.2) is 6.29 Å². The Morgan fingerprint density at radius 3 is 2.94 bits per heavy atom. The van der Waals surface area contributed by atoms with Crippen LogP contribution in [0.3, 0.4) is 0 Å². The maximum absolute atomic E-state index is 12.0. The fourth-order valence-electron chi connectivity index (χ4n) is 1.57. The summed E-state index contributed by atoms with van der Waals surface area (Å²) in [7, 11) is 0. The number of carbonyl (C=O) groups is 1. The molecule has 0 saturated carbocycles. The highest BCUT2D eigenvalue weighted by Gasteiger charge is 2.11. The lowest BCUT2D eigenvalue weighted by Crippen LogP contribution is -2.09. The summed E-state index contributed by atoms with van der Waals surface area (Å²) in [6, 6.07) is 5.12. The average molecular weight is 232 g/mol. The number of benzene rings is 1. The van der Waals surface area contributed by atoms with E-state index in [0.717, 1.165) is 6.42 Å². The molecule has 0 saturated heterocycles. The number of rotatable bonds is 4. The Morgan fingerprint density at radius 2 is 2.24 bits per heavy atom. The van der Waals surface area contributed by atoms with Crippen molar-refractivity contribution in [1.82, 2.24) is 0 Å². The molecular formula is C13H12O4. The molecule has 1 aromatic carbocycles. The van der Waals surface area contributed by atoms with Crippen LogP contribution in [0, 0.1) is 0 Å². The molecule has 0 spiro atoms. The summed E-state index contributed by atoms with van der Waals surface area (Å²) in [5.74, 6) is 0.460.